The Labute approximate surface area is 116 Å². The van der Waals surface area contributed by atoms with Crippen LogP contribution in [0.2, 0.25) is 0 Å². The summed E-state index contributed by atoms with van der Waals surface area (Å²) in [6.07, 6.45) is 4.40. The Morgan fingerprint density at radius 3 is 3.00 bits per heavy atom. The zero-order chi connectivity index (χ0) is 13.4. The fraction of sp³-hybridized carbons (Fsp3) is 0.400. The second kappa shape index (κ2) is 4.83. The van der Waals surface area contributed by atoms with Crippen molar-refractivity contribution in [3.63, 3.8) is 0 Å². The van der Waals surface area contributed by atoms with Crippen molar-refractivity contribution in [1.82, 2.24) is 4.98 Å². The summed E-state index contributed by atoms with van der Waals surface area (Å²) in [5, 5.41) is 4.51. The highest BCUT2D eigenvalue weighted by Gasteiger charge is 2.18. The lowest BCUT2D eigenvalue weighted by Gasteiger charge is -2.13. The number of nitrogens with zero attached hydrogens (tertiary/aromatic N) is 1. The van der Waals surface area contributed by atoms with Crippen molar-refractivity contribution in [3.8, 4) is 11.5 Å². The van der Waals surface area contributed by atoms with Crippen molar-refractivity contribution in [2.75, 3.05) is 25.3 Å². The van der Waals surface area contributed by atoms with Gasteiger partial charge in [0.2, 0.25) is 6.79 Å². The van der Waals surface area contributed by atoms with Gasteiger partial charge in [-0.15, -0.1) is 0 Å². The van der Waals surface area contributed by atoms with Crippen molar-refractivity contribution in [2.45, 2.75) is 18.9 Å². The van der Waals surface area contributed by atoms with E-state index in [0.717, 1.165) is 54.1 Å². The third-order valence-corrected chi connectivity index (χ3v) is 3.78. The third-order valence-electron chi connectivity index (χ3n) is 3.78. The Hall–Kier alpha value is -2.01. The molecule has 2 aliphatic heterocycles. The monoisotopic (exact) mass is 272 g/mol. The summed E-state index contributed by atoms with van der Waals surface area (Å²) >= 11 is 0. The molecule has 0 saturated carbocycles. The molecule has 1 atom stereocenters. The zero-order valence-electron chi connectivity index (χ0n) is 11.1. The first-order valence-electron chi connectivity index (χ1n) is 6.94. The lowest BCUT2D eigenvalue weighted by Crippen LogP contribution is -2.18. The van der Waals surface area contributed by atoms with Gasteiger partial charge in [0.1, 0.15) is 0 Å². The number of hydrogen-bond acceptors (Lipinski definition) is 5. The minimum absolute atomic E-state index is 0.282. The highest BCUT2D eigenvalue weighted by Crippen LogP contribution is 2.37. The number of ether oxygens (including phenoxy) is 3. The predicted octanol–water partition coefficient (Wildman–Crippen LogP) is 2.55. The minimum Gasteiger partial charge on any atom is -0.454 e. The van der Waals surface area contributed by atoms with Crippen LogP contribution in [0.3, 0.4) is 0 Å². The molecule has 0 spiro atoms. The summed E-state index contributed by atoms with van der Waals surface area (Å²) in [5.41, 5.74) is 1.97. The molecule has 0 radical (unpaired) electrons. The Kier molecular flexibility index (Phi) is 2.85. The third kappa shape index (κ3) is 2.04. The molecule has 0 amide bonds. The van der Waals surface area contributed by atoms with E-state index >= 15 is 0 Å². The smallest absolute Gasteiger partial charge is 0.231 e. The SMILES string of the molecule is c1cc(NC[C@H]2CCCO2)c2cc3c(cc2n1)OCO3. The molecule has 5 nitrogen and oxygen atoms in total. The van der Waals surface area contributed by atoms with Crippen LogP contribution in [-0.4, -0.2) is 31.0 Å². The second-order valence-corrected chi connectivity index (χ2v) is 5.10. The summed E-state index contributed by atoms with van der Waals surface area (Å²) in [6, 6.07) is 5.90. The predicted molar refractivity (Wildman–Crippen MR) is 75.3 cm³/mol. The summed E-state index contributed by atoms with van der Waals surface area (Å²) in [4.78, 5) is 4.39. The maximum atomic E-state index is 5.64. The van der Waals surface area contributed by atoms with Gasteiger partial charge in [0.15, 0.2) is 11.5 Å². The van der Waals surface area contributed by atoms with E-state index < -0.39 is 0 Å². The van der Waals surface area contributed by atoms with Crippen LogP contribution in [0.5, 0.6) is 11.5 Å². The number of anilines is 1. The highest BCUT2D eigenvalue weighted by molar-refractivity contribution is 5.93. The van der Waals surface area contributed by atoms with Gasteiger partial charge in [0, 0.05) is 36.5 Å². The molecular weight excluding hydrogens is 256 g/mol. The van der Waals surface area contributed by atoms with Crippen molar-refractivity contribution < 1.29 is 14.2 Å². The molecule has 1 fully saturated rings. The molecule has 5 heteroatoms. The molecule has 1 N–H and O–H groups in total. The first kappa shape index (κ1) is 11.8. The average Bonchev–Trinajstić information content (AvgIpc) is 3.13. The molecule has 2 aromatic rings. The largest absolute Gasteiger partial charge is 0.454 e. The van der Waals surface area contributed by atoms with Gasteiger partial charge in [-0.3, -0.25) is 4.98 Å². The van der Waals surface area contributed by atoms with Crippen molar-refractivity contribution in [1.29, 1.82) is 0 Å². The summed E-state index contributed by atoms with van der Waals surface area (Å²) in [5.74, 6) is 1.55. The van der Waals surface area contributed by atoms with Crippen LogP contribution in [0, 0.1) is 0 Å². The number of fused-ring (bicyclic) bond motifs is 2. The van der Waals surface area contributed by atoms with Crippen LogP contribution in [0.15, 0.2) is 24.4 Å². The van der Waals surface area contributed by atoms with E-state index in [1.54, 1.807) is 0 Å². The molecule has 104 valence electrons. The lowest BCUT2D eigenvalue weighted by molar-refractivity contribution is 0.120. The molecule has 0 bridgehead atoms. The summed E-state index contributed by atoms with van der Waals surface area (Å²) < 4.78 is 16.5. The molecule has 3 heterocycles. The Bertz CT molecular complexity index is 638. The van der Waals surface area contributed by atoms with Gasteiger partial charge in [-0.2, -0.15) is 0 Å². The first-order valence-corrected chi connectivity index (χ1v) is 6.94. The lowest BCUT2D eigenvalue weighted by atomic mass is 10.1. The van der Waals surface area contributed by atoms with E-state index in [4.69, 9.17) is 14.2 Å². The van der Waals surface area contributed by atoms with Gasteiger partial charge >= 0.3 is 0 Å². The highest BCUT2D eigenvalue weighted by atomic mass is 16.7. The van der Waals surface area contributed by atoms with Crippen LogP contribution < -0.4 is 14.8 Å². The van der Waals surface area contributed by atoms with Crippen LogP contribution in [0.25, 0.3) is 10.9 Å². The number of pyridine rings is 1. The summed E-state index contributed by atoms with van der Waals surface area (Å²) in [7, 11) is 0. The van der Waals surface area contributed by atoms with Crippen molar-refractivity contribution in [3.05, 3.63) is 24.4 Å². The number of nitrogens with one attached hydrogen (secondary N) is 1. The Morgan fingerprint density at radius 2 is 2.15 bits per heavy atom. The normalized spacial score (nSPS) is 20.5. The second-order valence-electron chi connectivity index (χ2n) is 5.10. The molecule has 2 aliphatic rings. The van der Waals surface area contributed by atoms with E-state index in [9.17, 15) is 0 Å². The van der Waals surface area contributed by atoms with Gasteiger partial charge in [-0.05, 0) is 25.0 Å². The molecule has 1 aromatic carbocycles. The van der Waals surface area contributed by atoms with Crippen molar-refractivity contribution >= 4 is 16.6 Å². The van der Waals surface area contributed by atoms with Gasteiger partial charge in [-0.25, -0.2) is 0 Å². The number of rotatable bonds is 3. The fourth-order valence-electron chi connectivity index (χ4n) is 2.72. The van der Waals surface area contributed by atoms with Crippen LogP contribution in [0.4, 0.5) is 5.69 Å². The molecule has 0 aliphatic carbocycles. The molecule has 0 unspecified atom stereocenters. The summed E-state index contributed by atoms with van der Waals surface area (Å²) in [6.45, 7) is 1.99. The maximum absolute atomic E-state index is 5.64. The zero-order valence-corrected chi connectivity index (χ0v) is 11.1. The van der Waals surface area contributed by atoms with Crippen LogP contribution >= 0.6 is 0 Å². The topological polar surface area (TPSA) is 52.6 Å². The van der Waals surface area contributed by atoms with Crippen LogP contribution in [-0.2, 0) is 4.74 Å². The standard InChI is InChI=1S/C15H16N2O3/c1-2-10(18-5-1)8-17-12-3-4-16-13-7-15-14(6-11(12)13)19-9-20-15/h3-4,6-7,10H,1-2,5,8-9H2,(H,16,17)/t10-/m1/s1. The van der Waals surface area contributed by atoms with E-state index in [-0.39, 0.29) is 6.79 Å². The average molecular weight is 272 g/mol. The van der Waals surface area contributed by atoms with Gasteiger partial charge in [-0.1, -0.05) is 0 Å². The molecular formula is C15H16N2O3. The first-order chi connectivity index (χ1) is 9.90. The van der Waals surface area contributed by atoms with E-state index in [2.05, 4.69) is 10.3 Å². The number of hydrogen-bond donors (Lipinski definition) is 1. The van der Waals surface area contributed by atoms with E-state index in [1.165, 1.54) is 0 Å². The Balaban J connectivity index is 1.64. The molecule has 1 aromatic heterocycles. The fourth-order valence-corrected chi connectivity index (χ4v) is 2.72. The minimum atomic E-state index is 0.282. The maximum Gasteiger partial charge on any atom is 0.231 e. The van der Waals surface area contributed by atoms with E-state index in [1.807, 2.05) is 24.4 Å². The van der Waals surface area contributed by atoms with Crippen LogP contribution in [0.1, 0.15) is 12.8 Å². The molecule has 1 saturated heterocycles. The van der Waals surface area contributed by atoms with Gasteiger partial charge in [0.05, 0.1) is 11.6 Å². The Morgan fingerprint density at radius 1 is 1.25 bits per heavy atom. The number of aromatic nitrogens is 1. The van der Waals surface area contributed by atoms with Gasteiger partial charge in [0.25, 0.3) is 0 Å². The van der Waals surface area contributed by atoms with Crippen molar-refractivity contribution in [2.24, 2.45) is 0 Å². The molecule has 20 heavy (non-hydrogen) atoms. The van der Waals surface area contributed by atoms with E-state index in [0.29, 0.717) is 6.10 Å². The number of benzene rings is 1. The molecule has 4 rings (SSSR count). The van der Waals surface area contributed by atoms with Gasteiger partial charge < -0.3 is 19.5 Å². The quantitative estimate of drug-likeness (QED) is 0.930.